The van der Waals surface area contributed by atoms with E-state index in [1.807, 2.05) is 4.72 Å². The molecule has 0 bridgehead atoms. The third-order valence-electron chi connectivity index (χ3n) is 2.26. The van der Waals surface area contributed by atoms with Crippen molar-refractivity contribution in [1.29, 1.82) is 0 Å². The van der Waals surface area contributed by atoms with Crippen molar-refractivity contribution in [2.24, 2.45) is 0 Å². The van der Waals surface area contributed by atoms with Crippen LogP contribution in [-0.2, 0) is 10.0 Å². The van der Waals surface area contributed by atoms with Crippen LogP contribution in [0.15, 0.2) is 47.4 Å². The summed E-state index contributed by atoms with van der Waals surface area (Å²) in [5.74, 6) is -1.86. The molecule has 7 heteroatoms. The lowest BCUT2D eigenvalue weighted by Gasteiger charge is -2.08. The van der Waals surface area contributed by atoms with Crippen molar-refractivity contribution in [3.05, 3.63) is 54.1 Å². The minimum atomic E-state index is -3.96. The molecule has 0 aromatic heterocycles. The molecule has 0 radical (unpaired) electrons. The number of halogens is 2. The van der Waals surface area contributed by atoms with Crippen LogP contribution in [0.25, 0.3) is 0 Å². The van der Waals surface area contributed by atoms with E-state index in [2.05, 4.69) is 0 Å². The fourth-order valence-corrected chi connectivity index (χ4v) is 2.49. The van der Waals surface area contributed by atoms with Crippen molar-refractivity contribution < 1.29 is 22.3 Å². The number of hydrogen-bond donors (Lipinski definition) is 2. The summed E-state index contributed by atoms with van der Waals surface area (Å²) < 4.78 is 51.7. The summed E-state index contributed by atoms with van der Waals surface area (Å²) in [6.07, 6.45) is 0. The average Bonchev–Trinajstić information content (AvgIpc) is 2.27. The summed E-state index contributed by atoms with van der Waals surface area (Å²) in [6.45, 7) is 0. The maximum Gasteiger partial charge on any atom is 0.261 e. The second-order valence-corrected chi connectivity index (χ2v) is 5.44. The first-order chi connectivity index (χ1) is 8.87. The Bertz CT molecular complexity index is 679. The van der Waals surface area contributed by atoms with Crippen molar-refractivity contribution in [3.63, 3.8) is 0 Å². The molecule has 0 amide bonds. The Morgan fingerprint density at radius 1 is 0.947 bits per heavy atom. The minimum Gasteiger partial charge on any atom is -0.508 e. The number of sulfonamides is 1. The Hall–Kier alpha value is -2.15. The number of phenolic OH excluding ortho intramolecular Hbond substituents is 1. The zero-order valence-electron chi connectivity index (χ0n) is 9.47. The van der Waals surface area contributed by atoms with Gasteiger partial charge in [-0.1, -0.05) is 0 Å². The Morgan fingerprint density at radius 3 is 2.00 bits per heavy atom. The molecule has 0 aliphatic rings. The molecule has 0 heterocycles. The van der Waals surface area contributed by atoms with Crippen LogP contribution in [0.3, 0.4) is 0 Å². The highest BCUT2D eigenvalue weighted by atomic mass is 32.2. The fraction of sp³-hybridized carbons (Fsp3) is 0. The smallest absolute Gasteiger partial charge is 0.261 e. The maximum atomic E-state index is 13.0. The van der Waals surface area contributed by atoms with Gasteiger partial charge in [0.2, 0.25) is 0 Å². The molecule has 4 nitrogen and oxygen atoms in total. The highest BCUT2D eigenvalue weighted by Crippen LogP contribution is 2.20. The van der Waals surface area contributed by atoms with E-state index in [0.717, 1.165) is 12.1 Å². The summed E-state index contributed by atoms with van der Waals surface area (Å²) in [5, 5.41) is 9.07. The second kappa shape index (κ2) is 4.85. The fourth-order valence-electron chi connectivity index (χ4n) is 1.45. The maximum absolute atomic E-state index is 13.0. The molecule has 100 valence electrons. The zero-order chi connectivity index (χ0) is 14.0. The molecule has 0 fully saturated rings. The molecule has 2 aromatic carbocycles. The molecule has 2 N–H and O–H groups in total. The Morgan fingerprint density at radius 2 is 1.47 bits per heavy atom. The first kappa shape index (κ1) is 13.3. The predicted molar refractivity (Wildman–Crippen MR) is 65.3 cm³/mol. The van der Waals surface area contributed by atoms with Gasteiger partial charge in [0.05, 0.1) is 10.6 Å². The molecule has 2 aromatic rings. The van der Waals surface area contributed by atoms with E-state index in [1.165, 1.54) is 24.3 Å². The number of benzene rings is 2. The van der Waals surface area contributed by atoms with Gasteiger partial charge in [-0.15, -0.1) is 0 Å². The van der Waals surface area contributed by atoms with Gasteiger partial charge in [-0.25, -0.2) is 17.2 Å². The second-order valence-electron chi connectivity index (χ2n) is 3.76. The summed E-state index contributed by atoms with van der Waals surface area (Å²) in [6, 6.07) is 7.10. The highest BCUT2D eigenvalue weighted by molar-refractivity contribution is 7.92. The number of aromatic hydroxyl groups is 1. The van der Waals surface area contributed by atoms with Gasteiger partial charge in [-0.3, -0.25) is 4.72 Å². The molecule has 0 atom stereocenters. The van der Waals surface area contributed by atoms with Crippen LogP contribution < -0.4 is 4.72 Å². The lowest BCUT2D eigenvalue weighted by atomic mass is 10.3. The summed E-state index contributed by atoms with van der Waals surface area (Å²) >= 11 is 0. The number of hydrogen-bond acceptors (Lipinski definition) is 3. The monoisotopic (exact) mass is 285 g/mol. The highest BCUT2D eigenvalue weighted by Gasteiger charge is 2.15. The van der Waals surface area contributed by atoms with Crippen LogP contribution in [0.2, 0.25) is 0 Å². The van der Waals surface area contributed by atoms with Crippen LogP contribution in [0.4, 0.5) is 14.5 Å². The SMILES string of the molecule is O=S(=O)(Nc1cc(F)cc(F)c1)c1ccc(O)cc1. The van der Waals surface area contributed by atoms with Crippen molar-refractivity contribution in [2.45, 2.75) is 4.90 Å². The van der Waals surface area contributed by atoms with Gasteiger partial charge >= 0.3 is 0 Å². The van der Waals surface area contributed by atoms with Crippen molar-refractivity contribution in [2.75, 3.05) is 4.72 Å². The van der Waals surface area contributed by atoms with E-state index >= 15 is 0 Å². The number of anilines is 1. The summed E-state index contributed by atoms with van der Waals surface area (Å²) in [5.41, 5.74) is -0.217. The molecule has 0 aliphatic heterocycles. The van der Waals surface area contributed by atoms with Crippen LogP contribution in [0, 0.1) is 11.6 Å². The lowest BCUT2D eigenvalue weighted by molar-refractivity contribution is 0.475. The van der Waals surface area contributed by atoms with E-state index in [0.29, 0.717) is 6.07 Å². The lowest BCUT2D eigenvalue weighted by Crippen LogP contribution is -2.13. The number of nitrogens with one attached hydrogen (secondary N) is 1. The first-order valence-corrected chi connectivity index (χ1v) is 6.63. The molecule has 19 heavy (non-hydrogen) atoms. The number of phenols is 1. The molecule has 2 rings (SSSR count). The summed E-state index contributed by atoms with van der Waals surface area (Å²) in [4.78, 5) is -0.130. The van der Waals surface area contributed by atoms with Crippen LogP contribution in [0.5, 0.6) is 5.75 Å². The van der Waals surface area contributed by atoms with Gasteiger partial charge in [0.15, 0.2) is 0 Å². The first-order valence-electron chi connectivity index (χ1n) is 5.15. The third-order valence-corrected chi connectivity index (χ3v) is 3.66. The molecular formula is C12H9F2NO3S. The van der Waals surface area contributed by atoms with Crippen molar-refractivity contribution in [1.82, 2.24) is 0 Å². The van der Waals surface area contributed by atoms with Crippen LogP contribution in [0.1, 0.15) is 0 Å². The quantitative estimate of drug-likeness (QED) is 0.910. The predicted octanol–water partition coefficient (Wildman–Crippen LogP) is 2.47. The van der Waals surface area contributed by atoms with Gasteiger partial charge in [0.1, 0.15) is 17.4 Å². The van der Waals surface area contributed by atoms with Gasteiger partial charge < -0.3 is 5.11 Å². The standard InChI is InChI=1S/C12H9F2NO3S/c13-8-5-9(14)7-10(6-8)15-19(17,18)12-3-1-11(16)2-4-12/h1-7,15-16H. The minimum absolute atomic E-state index is 0.0873. The van der Waals surface area contributed by atoms with E-state index < -0.39 is 21.7 Å². The van der Waals surface area contributed by atoms with E-state index in [9.17, 15) is 17.2 Å². The molecule has 0 unspecified atom stereocenters. The Balaban J connectivity index is 2.33. The normalized spacial score (nSPS) is 11.3. The van der Waals surface area contributed by atoms with E-state index in [-0.39, 0.29) is 16.3 Å². The Labute approximate surface area is 108 Å². The van der Waals surface area contributed by atoms with Crippen LogP contribution >= 0.6 is 0 Å². The van der Waals surface area contributed by atoms with Crippen LogP contribution in [-0.4, -0.2) is 13.5 Å². The molecule has 0 aliphatic carbocycles. The molecule has 0 saturated heterocycles. The third kappa shape index (κ3) is 3.19. The van der Waals surface area contributed by atoms with E-state index in [4.69, 9.17) is 5.11 Å². The Kier molecular flexibility index (Phi) is 3.39. The summed E-state index contributed by atoms with van der Waals surface area (Å²) in [7, 11) is -3.96. The zero-order valence-corrected chi connectivity index (χ0v) is 10.3. The van der Waals surface area contributed by atoms with E-state index in [1.54, 1.807) is 0 Å². The van der Waals surface area contributed by atoms with Gasteiger partial charge in [0, 0.05) is 6.07 Å². The average molecular weight is 285 g/mol. The van der Waals surface area contributed by atoms with Crippen molar-refractivity contribution in [3.8, 4) is 5.75 Å². The van der Waals surface area contributed by atoms with Gasteiger partial charge in [-0.2, -0.15) is 0 Å². The largest absolute Gasteiger partial charge is 0.508 e. The van der Waals surface area contributed by atoms with Gasteiger partial charge in [0.25, 0.3) is 10.0 Å². The molecule has 0 spiro atoms. The van der Waals surface area contributed by atoms with Gasteiger partial charge in [-0.05, 0) is 36.4 Å². The molecular weight excluding hydrogens is 276 g/mol. The topological polar surface area (TPSA) is 66.4 Å². The number of rotatable bonds is 3. The van der Waals surface area contributed by atoms with Crippen molar-refractivity contribution >= 4 is 15.7 Å². The molecule has 0 saturated carbocycles.